The van der Waals surface area contributed by atoms with Crippen LogP contribution < -0.4 is 9.64 Å². The van der Waals surface area contributed by atoms with E-state index in [-0.39, 0.29) is 0 Å². The van der Waals surface area contributed by atoms with Crippen LogP contribution in [-0.2, 0) is 6.54 Å². The van der Waals surface area contributed by atoms with E-state index in [0.29, 0.717) is 6.61 Å². The molecule has 0 atom stereocenters. The third-order valence-electron chi connectivity index (χ3n) is 4.57. The number of aromatic nitrogens is 1. The lowest BCUT2D eigenvalue weighted by Crippen LogP contribution is -2.45. The van der Waals surface area contributed by atoms with Crippen LogP contribution >= 0.6 is 11.3 Å². The first-order chi connectivity index (χ1) is 12.3. The van der Waals surface area contributed by atoms with Crippen LogP contribution in [0.3, 0.4) is 0 Å². The molecule has 0 unspecified atom stereocenters. The van der Waals surface area contributed by atoms with Gasteiger partial charge < -0.3 is 9.64 Å². The van der Waals surface area contributed by atoms with E-state index in [9.17, 15) is 0 Å². The molecule has 1 fully saturated rings. The summed E-state index contributed by atoms with van der Waals surface area (Å²) in [7, 11) is 0. The van der Waals surface area contributed by atoms with Gasteiger partial charge in [0.15, 0.2) is 5.13 Å². The van der Waals surface area contributed by atoms with Crippen molar-refractivity contribution in [2.45, 2.75) is 13.5 Å². The Hall–Kier alpha value is -2.11. The molecular formula is C20H23N3OS. The number of piperazine rings is 1. The maximum absolute atomic E-state index is 5.51. The molecule has 4 rings (SSSR count). The van der Waals surface area contributed by atoms with Gasteiger partial charge in [0, 0.05) is 32.7 Å². The second-order valence-corrected chi connectivity index (χ2v) is 7.31. The maximum atomic E-state index is 5.51. The van der Waals surface area contributed by atoms with Crippen molar-refractivity contribution in [2.24, 2.45) is 0 Å². The molecule has 2 aromatic carbocycles. The Morgan fingerprint density at radius 3 is 2.48 bits per heavy atom. The molecule has 1 aromatic heterocycles. The molecular weight excluding hydrogens is 330 g/mol. The van der Waals surface area contributed by atoms with E-state index in [2.05, 4.69) is 58.3 Å². The molecule has 1 saturated heterocycles. The molecule has 0 radical (unpaired) electrons. The van der Waals surface area contributed by atoms with Crippen molar-refractivity contribution >= 4 is 26.7 Å². The minimum Gasteiger partial charge on any atom is -0.494 e. The van der Waals surface area contributed by atoms with Crippen molar-refractivity contribution < 1.29 is 4.74 Å². The number of rotatable bonds is 5. The molecule has 0 spiro atoms. The second-order valence-electron chi connectivity index (χ2n) is 6.30. The molecule has 3 aromatic rings. The van der Waals surface area contributed by atoms with Crippen LogP contribution in [0.5, 0.6) is 5.75 Å². The molecule has 1 aliphatic rings. The number of para-hydroxylation sites is 1. The molecule has 0 bridgehead atoms. The average Bonchev–Trinajstić information content (AvgIpc) is 3.08. The van der Waals surface area contributed by atoms with Gasteiger partial charge in [-0.05, 0) is 36.8 Å². The van der Waals surface area contributed by atoms with Gasteiger partial charge in [-0.2, -0.15) is 0 Å². The number of thiazole rings is 1. The van der Waals surface area contributed by atoms with Crippen molar-refractivity contribution in [1.29, 1.82) is 0 Å². The third-order valence-corrected chi connectivity index (χ3v) is 5.66. The summed E-state index contributed by atoms with van der Waals surface area (Å²) >= 11 is 1.80. The predicted octanol–water partition coefficient (Wildman–Crippen LogP) is 4.02. The van der Waals surface area contributed by atoms with Crippen LogP contribution in [-0.4, -0.2) is 42.7 Å². The van der Waals surface area contributed by atoms with Crippen molar-refractivity contribution in [2.75, 3.05) is 37.7 Å². The lowest BCUT2D eigenvalue weighted by atomic mass is 10.2. The van der Waals surface area contributed by atoms with E-state index in [1.807, 2.05) is 6.92 Å². The molecule has 0 saturated carbocycles. The maximum Gasteiger partial charge on any atom is 0.186 e. The third kappa shape index (κ3) is 3.78. The van der Waals surface area contributed by atoms with Gasteiger partial charge in [0.1, 0.15) is 5.75 Å². The zero-order chi connectivity index (χ0) is 17.1. The Balaban J connectivity index is 1.34. The molecule has 130 valence electrons. The summed E-state index contributed by atoms with van der Waals surface area (Å²) in [4.78, 5) is 9.71. The average molecular weight is 353 g/mol. The molecule has 1 aliphatic heterocycles. The smallest absolute Gasteiger partial charge is 0.186 e. The molecule has 2 heterocycles. The normalized spacial score (nSPS) is 15.6. The monoisotopic (exact) mass is 353 g/mol. The second kappa shape index (κ2) is 7.42. The highest BCUT2D eigenvalue weighted by Crippen LogP contribution is 2.29. The largest absolute Gasteiger partial charge is 0.494 e. The van der Waals surface area contributed by atoms with Crippen LogP contribution in [0.25, 0.3) is 10.2 Å². The minimum absolute atomic E-state index is 0.715. The fourth-order valence-electron chi connectivity index (χ4n) is 3.21. The fourth-order valence-corrected chi connectivity index (χ4v) is 4.23. The highest BCUT2D eigenvalue weighted by molar-refractivity contribution is 7.22. The summed E-state index contributed by atoms with van der Waals surface area (Å²) in [6.45, 7) is 7.95. The Kier molecular flexibility index (Phi) is 4.85. The molecule has 5 heteroatoms. The SMILES string of the molecule is CCOc1ccc(CN2CCN(c3nc4ccccc4s3)CC2)cc1. The van der Waals surface area contributed by atoms with Crippen LogP contribution in [0.4, 0.5) is 5.13 Å². The van der Waals surface area contributed by atoms with Crippen molar-refractivity contribution in [3.8, 4) is 5.75 Å². The molecule has 25 heavy (non-hydrogen) atoms. The highest BCUT2D eigenvalue weighted by Gasteiger charge is 2.19. The van der Waals surface area contributed by atoms with Crippen LogP contribution in [0.15, 0.2) is 48.5 Å². The van der Waals surface area contributed by atoms with Gasteiger partial charge in [-0.3, -0.25) is 4.90 Å². The summed E-state index contributed by atoms with van der Waals surface area (Å²) in [5.41, 5.74) is 2.45. The molecule has 0 N–H and O–H groups in total. The first-order valence-corrected chi connectivity index (χ1v) is 9.68. The number of anilines is 1. The summed E-state index contributed by atoms with van der Waals surface area (Å²) in [5.74, 6) is 0.951. The quantitative estimate of drug-likeness (QED) is 0.693. The number of benzene rings is 2. The van der Waals surface area contributed by atoms with Crippen LogP contribution in [0.2, 0.25) is 0 Å². The Bertz CT molecular complexity index is 789. The van der Waals surface area contributed by atoms with Gasteiger partial charge in [0.2, 0.25) is 0 Å². The standard InChI is InChI=1S/C20H23N3OS/c1-2-24-17-9-7-16(8-10-17)15-22-11-13-23(14-12-22)20-21-18-5-3-4-6-19(18)25-20/h3-10H,2,11-15H2,1H3. The lowest BCUT2D eigenvalue weighted by molar-refractivity contribution is 0.249. The first kappa shape index (κ1) is 16.4. The number of nitrogens with zero attached hydrogens (tertiary/aromatic N) is 3. The van der Waals surface area contributed by atoms with Gasteiger partial charge in [0.05, 0.1) is 16.8 Å². The van der Waals surface area contributed by atoms with E-state index in [0.717, 1.165) is 49.1 Å². The summed E-state index contributed by atoms with van der Waals surface area (Å²) in [6, 6.07) is 16.9. The number of hydrogen-bond donors (Lipinski definition) is 0. The summed E-state index contributed by atoms with van der Waals surface area (Å²) in [6.07, 6.45) is 0. The van der Waals surface area contributed by atoms with E-state index in [1.54, 1.807) is 11.3 Å². The zero-order valence-electron chi connectivity index (χ0n) is 14.5. The topological polar surface area (TPSA) is 28.6 Å². The zero-order valence-corrected chi connectivity index (χ0v) is 15.3. The number of hydrogen-bond acceptors (Lipinski definition) is 5. The summed E-state index contributed by atoms with van der Waals surface area (Å²) in [5, 5.41) is 1.15. The van der Waals surface area contributed by atoms with Gasteiger partial charge >= 0.3 is 0 Å². The highest BCUT2D eigenvalue weighted by atomic mass is 32.1. The fraction of sp³-hybridized carbons (Fsp3) is 0.350. The number of fused-ring (bicyclic) bond motifs is 1. The Labute approximate surface area is 152 Å². The Morgan fingerprint density at radius 1 is 1.00 bits per heavy atom. The summed E-state index contributed by atoms with van der Waals surface area (Å²) < 4.78 is 6.79. The predicted molar refractivity (Wildman–Crippen MR) is 105 cm³/mol. The molecule has 4 nitrogen and oxygen atoms in total. The van der Waals surface area contributed by atoms with Crippen LogP contribution in [0, 0.1) is 0 Å². The minimum atomic E-state index is 0.715. The van der Waals surface area contributed by atoms with Crippen molar-refractivity contribution in [3.63, 3.8) is 0 Å². The first-order valence-electron chi connectivity index (χ1n) is 8.86. The van der Waals surface area contributed by atoms with E-state index in [1.165, 1.54) is 10.3 Å². The van der Waals surface area contributed by atoms with E-state index >= 15 is 0 Å². The van der Waals surface area contributed by atoms with Gasteiger partial charge in [-0.1, -0.05) is 35.6 Å². The van der Waals surface area contributed by atoms with Crippen LogP contribution in [0.1, 0.15) is 12.5 Å². The molecule has 0 aliphatic carbocycles. The lowest BCUT2D eigenvalue weighted by Gasteiger charge is -2.34. The van der Waals surface area contributed by atoms with Gasteiger partial charge in [0.25, 0.3) is 0 Å². The van der Waals surface area contributed by atoms with Gasteiger partial charge in [-0.25, -0.2) is 4.98 Å². The Morgan fingerprint density at radius 2 is 1.76 bits per heavy atom. The number of ether oxygens (including phenoxy) is 1. The van der Waals surface area contributed by atoms with Gasteiger partial charge in [-0.15, -0.1) is 0 Å². The van der Waals surface area contributed by atoms with E-state index in [4.69, 9.17) is 9.72 Å². The van der Waals surface area contributed by atoms with Crippen molar-refractivity contribution in [3.05, 3.63) is 54.1 Å². The van der Waals surface area contributed by atoms with Crippen molar-refractivity contribution in [1.82, 2.24) is 9.88 Å². The molecule has 0 amide bonds. The van der Waals surface area contributed by atoms with E-state index < -0.39 is 0 Å².